The fourth-order valence-corrected chi connectivity index (χ4v) is 9.45. The lowest BCUT2D eigenvalue weighted by molar-refractivity contribution is -0.547. The first-order valence-electron chi connectivity index (χ1n) is 30.9. The van der Waals surface area contributed by atoms with Crippen LogP contribution in [0.25, 0.3) is 0 Å². The molecule has 0 aromatic heterocycles. The zero-order valence-corrected chi connectivity index (χ0v) is 49.4. The van der Waals surface area contributed by atoms with Gasteiger partial charge in [-0.25, -0.2) is 19.4 Å². The van der Waals surface area contributed by atoms with Crippen molar-refractivity contribution in [3.8, 4) is 0 Å². The molecule has 3 amide bonds. The molecule has 81 heavy (non-hydrogen) atoms. The normalized spacial score (nSPS) is 19.1. The van der Waals surface area contributed by atoms with Crippen LogP contribution in [0.3, 0.4) is 0 Å². The average Bonchev–Trinajstić information content (AvgIpc) is 3.47. The smallest absolute Gasteiger partial charge is 0.407 e. The molecule has 21 nitrogen and oxygen atoms in total. The van der Waals surface area contributed by atoms with Crippen LogP contribution in [0.4, 0.5) is 9.59 Å². The summed E-state index contributed by atoms with van der Waals surface area (Å²) in [7, 11) is 0. The van der Waals surface area contributed by atoms with E-state index in [1.807, 2.05) is 0 Å². The lowest BCUT2D eigenvalue weighted by atomic mass is 9.99. The topological polar surface area (TPSA) is 321 Å². The molecular weight excluding hydrogens is 1050 g/mol. The van der Waals surface area contributed by atoms with Gasteiger partial charge in [-0.2, -0.15) is 4.74 Å². The van der Waals surface area contributed by atoms with Crippen LogP contribution in [-0.2, 0) is 35.3 Å². The summed E-state index contributed by atoms with van der Waals surface area (Å²) in [5.41, 5.74) is -0.666. The van der Waals surface area contributed by atoms with Gasteiger partial charge in [-0.15, -0.1) is 0 Å². The molecule has 0 spiro atoms. The summed E-state index contributed by atoms with van der Waals surface area (Å²) >= 11 is 0. The highest BCUT2D eigenvalue weighted by molar-refractivity contribution is 5.81. The van der Waals surface area contributed by atoms with Gasteiger partial charge in [0.05, 0.1) is 13.2 Å². The van der Waals surface area contributed by atoms with E-state index in [2.05, 4.69) is 29.8 Å². The SMILES string of the molecule is CCCCCCCCCCCCCCCCCNC(=O)OCC(C)(COC(=O)NCCCCCCCCCCCCCCCCC)/[N+]([O-])=C/c1ccc(CNC(=O)[C@H](O)[C@@H](O)[C@H](OO[C@@H]2O[C@H](CO)[C@@H](O)[C@H](O)[C@H]2O)[C@H](O)CO)cc1. The van der Waals surface area contributed by atoms with Crippen LogP contribution in [-0.4, -0.2) is 170 Å². The van der Waals surface area contributed by atoms with Crippen LogP contribution < -0.4 is 16.0 Å². The predicted octanol–water partition coefficient (Wildman–Crippen LogP) is 7.38. The van der Waals surface area contributed by atoms with Gasteiger partial charge in [-0.1, -0.05) is 206 Å². The Bertz CT molecular complexity index is 1730. The van der Waals surface area contributed by atoms with Gasteiger partial charge in [-0.05, 0) is 30.5 Å². The van der Waals surface area contributed by atoms with Crippen LogP contribution >= 0.6 is 0 Å². The molecule has 0 unspecified atom stereocenters. The highest BCUT2D eigenvalue weighted by Gasteiger charge is 2.46. The fraction of sp³-hybridized carbons (Fsp3) is 0.833. The van der Waals surface area contributed by atoms with E-state index in [9.17, 15) is 60.4 Å². The summed E-state index contributed by atoms with van der Waals surface area (Å²) in [4.78, 5) is 48.6. The Balaban J connectivity index is 1.92. The number of nitrogens with zero attached hydrogens (tertiary/aromatic N) is 1. The molecule has 0 aliphatic carbocycles. The Hall–Kier alpha value is -3.74. The van der Waals surface area contributed by atoms with Crippen molar-refractivity contribution in [3.63, 3.8) is 0 Å². The number of benzene rings is 1. The van der Waals surface area contributed by atoms with Crippen molar-refractivity contribution in [2.24, 2.45) is 0 Å². The van der Waals surface area contributed by atoms with Crippen LogP contribution in [0.1, 0.15) is 225 Å². The summed E-state index contributed by atoms with van der Waals surface area (Å²) in [6.45, 7) is 3.98. The first-order valence-corrected chi connectivity index (χ1v) is 30.9. The van der Waals surface area contributed by atoms with Crippen molar-refractivity contribution >= 4 is 24.3 Å². The number of hydrogen-bond donors (Lipinski definition) is 11. The van der Waals surface area contributed by atoms with Crippen LogP contribution in [0.15, 0.2) is 24.3 Å². The number of rotatable bonds is 49. The number of nitrogens with one attached hydrogen (secondary N) is 3. The highest BCUT2D eigenvalue weighted by Crippen LogP contribution is 2.24. The van der Waals surface area contributed by atoms with Gasteiger partial charge in [0.25, 0.3) is 5.91 Å². The molecule has 9 atom stereocenters. The Morgan fingerprint density at radius 1 is 0.617 bits per heavy atom. The summed E-state index contributed by atoms with van der Waals surface area (Å²) in [5, 5.41) is 103. The van der Waals surface area contributed by atoms with Gasteiger partial charge in [0.15, 0.2) is 25.5 Å². The van der Waals surface area contributed by atoms with E-state index in [0.29, 0.717) is 29.0 Å². The highest BCUT2D eigenvalue weighted by atomic mass is 17.2. The maximum absolute atomic E-state index is 13.9. The maximum Gasteiger partial charge on any atom is 0.407 e. The minimum Gasteiger partial charge on any atom is -0.623 e. The summed E-state index contributed by atoms with van der Waals surface area (Å²) < 4.78 is 16.8. The number of carbonyl (C=O) groups excluding carboxylic acids is 3. The van der Waals surface area contributed by atoms with Crippen LogP contribution in [0.2, 0.25) is 0 Å². The van der Waals surface area contributed by atoms with Crippen molar-refractivity contribution in [2.45, 2.75) is 281 Å². The first kappa shape index (κ1) is 73.4. The van der Waals surface area contributed by atoms with Gasteiger partial charge in [0.1, 0.15) is 42.7 Å². The number of hydroxylamine groups is 1. The molecule has 1 aliphatic rings. The number of ether oxygens (including phenoxy) is 3. The van der Waals surface area contributed by atoms with E-state index >= 15 is 0 Å². The molecule has 2 rings (SSSR count). The minimum atomic E-state index is -2.27. The predicted molar refractivity (Wildman–Crippen MR) is 309 cm³/mol. The number of aliphatic hydroxyl groups is 8. The fourth-order valence-electron chi connectivity index (χ4n) is 9.45. The van der Waals surface area contributed by atoms with Crippen LogP contribution in [0.5, 0.6) is 0 Å². The molecule has 1 aliphatic heterocycles. The van der Waals surface area contributed by atoms with Crippen molar-refractivity contribution < 1.29 is 84.0 Å². The van der Waals surface area contributed by atoms with Gasteiger partial charge >= 0.3 is 12.2 Å². The van der Waals surface area contributed by atoms with Crippen molar-refractivity contribution in [3.05, 3.63) is 40.6 Å². The van der Waals surface area contributed by atoms with Crippen molar-refractivity contribution in [2.75, 3.05) is 39.5 Å². The molecule has 0 saturated carbocycles. The summed E-state index contributed by atoms with van der Waals surface area (Å²) in [5.74, 6) is -1.14. The zero-order valence-electron chi connectivity index (χ0n) is 49.4. The second-order valence-corrected chi connectivity index (χ2v) is 22.4. The van der Waals surface area contributed by atoms with E-state index in [1.54, 1.807) is 24.3 Å². The van der Waals surface area contributed by atoms with E-state index < -0.39 is 105 Å². The van der Waals surface area contributed by atoms with Gasteiger partial charge in [0.2, 0.25) is 11.8 Å². The zero-order chi connectivity index (χ0) is 59.5. The lowest BCUT2D eigenvalue weighted by Crippen LogP contribution is -2.60. The van der Waals surface area contributed by atoms with Gasteiger partial charge in [-0.3, -0.25) is 4.79 Å². The molecule has 1 aromatic rings. The van der Waals surface area contributed by atoms with Crippen LogP contribution in [0, 0.1) is 5.21 Å². The van der Waals surface area contributed by atoms with E-state index in [1.165, 1.54) is 154 Å². The lowest BCUT2D eigenvalue weighted by Gasteiger charge is -2.39. The molecule has 0 bridgehead atoms. The Morgan fingerprint density at radius 3 is 1.42 bits per heavy atom. The monoisotopic (exact) mass is 1160 g/mol. The Kier molecular flexibility index (Phi) is 41.4. The van der Waals surface area contributed by atoms with Gasteiger partial charge in [0, 0.05) is 32.1 Å². The van der Waals surface area contributed by atoms with Crippen molar-refractivity contribution in [1.82, 2.24) is 16.0 Å². The molecule has 1 aromatic carbocycles. The molecule has 1 saturated heterocycles. The summed E-state index contributed by atoms with van der Waals surface area (Å²) in [6, 6.07) is 6.26. The molecule has 11 N–H and O–H groups in total. The number of unbranched alkanes of at least 4 members (excludes halogenated alkanes) is 28. The third-order valence-electron chi connectivity index (χ3n) is 15.0. The molecular formula is C60H108N4O17. The van der Waals surface area contributed by atoms with Crippen molar-refractivity contribution in [1.29, 1.82) is 0 Å². The van der Waals surface area contributed by atoms with E-state index in [-0.39, 0.29) is 6.54 Å². The first-order chi connectivity index (χ1) is 39.1. The van der Waals surface area contributed by atoms with Gasteiger partial charge < -0.3 is 76.2 Å². The van der Waals surface area contributed by atoms with E-state index in [0.717, 1.165) is 51.4 Å². The average molecular weight is 1160 g/mol. The largest absolute Gasteiger partial charge is 0.623 e. The molecule has 1 heterocycles. The second kappa shape index (κ2) is 45.7. The molecule has 1 fully saturated rings. The maximum atomic E-state index is 13.9. The quantitative estimate of drug-likeness (QED) is 0.00757. The summed E-state index contributed by atoms with van der Waals surface area (Å²) in [6.07, 6.45) is 19.4. The molecule has 21 heteroatoms. The third-order valence-corrected chi connectivity index (χ3v) is 15.0. The number of hydrogen-bond acceptors (Lipinski definition) is 17. The molecule has 470 valence electrons. The standard InChI is InChI=1S/C60H108N4O17/c1-4-6-8-10-12-14-16-18-20-22-24-26-28-30-32-38-61-58(74)77-44-60(3,45-78-59(75)62-39-33-31-29-27-25-23-21-19-17-15-13-11-9-7-5-2)64(76)41-47-36-34-46(35-37-47)40-63-56(73)53(71)52(70)55(48(67)42-65)80-81-57-54(72)51(69)50(68)49(43-66)79-57/h34-37,41,48-55,57,65-72H,4-33,38-40,42-45H2,1-3H3,(H,61,74)(H,62,75)(H,63,73)/b64-41-/t48-,49-,50-,51+,52-,53-,54-,55-,57+/m1/s1. The number of aliphatic hydroxyl groups excluding tert-OH is 8. The number of amides is 3. The number of carbonyl (C=O) groups is 3. The minimum absolute atomic E-state index is 0.193. The molecule has 0 radical (unpaired) electrons. The Labute approximate surface area is 483 Å². The third kappa shape index (κ3) is 32.2. The number of alkyl carbamates (subject to hydrolysis) is 2. The van der Waals surface area contributed by atoms with E-state index in [4.69, 9.17) is 24.0 Å². The Morgan fingerprint density at radius 2 is 1.02 bits per heavy atom. The second-order valence-electron chi connectivity index (χ2n) is 22.4.